The fourth-order valence-electron chi connectivity index (χ4n) is 4.22. The lowest BCUT2D eigenvalue weighted by Crippen LogP contribution is -2.10. The van der Waals surface area contributed by atoms with Gasteiger partial charge in [0.2, 0.25) is 0 Å². The van der Waals surface area contributed by atoms with Gasteiger partial charge in [0.25, 0.3) is 0 Å². The lowest BCUT2D eigenvalue weighted by atomic mass is 9.97. The molecule has 34 heavy (non-hydrogen) atoms. The van der Waals surface area contributed by atoms with E-state index >= 15 is 0 Å². The van der Waals surface area contributed by atoms with Crippen molar-refractivity contribution in [3.8, 4) is 16.1 Å². The summed E-state index contributed by atoms with van der Waals surface area (Å²) in [4.78, 5) is 17.6. The summed E-state index contributed by atoms with van der Waals surface area (Å²) in [5, 5.41) is 18.9. The third kappa shape index (κ3) is 3.62. The average molecular weight is 479 g/mol. The van der Waals surface area contributed by atoms with E-state index in [9.17, 15) is 18.7 Å². The van der Waals surface area contributed by atoms with Gasteiger partial charge in [-0.1, -0.05) is 24.3 Å². The Hall–Kier alpha value is -3.72. The topological polar surface area (TPSA) is 80.4 Å². The van der Waals surface area contributed by atoms with Crippen LogP contribution in [0, 0.1) is 32.4 Å². The summed E-state index contributed by atoms with van der Waals surface area (Å²) < 4.78 is 29.5. The summed E-state index contributed by atoms with van der Waals surface area (Å²) in [7, 11) is 0. The van der Waals surface area contributed by atoms with Crippen molar-refractivity contribution in [1.29, 1.82) is 0 Å². The highest BCUT2D eigenvalue weighted by Crippen LogP contribution is 2.39. The van der Waals surface area contributed by atoms with Crippen LogP contribution in [-0.4, -0.2) is 31.6 Å². The van der Waals surface area contributed by atoms with Crippen molar-refractivity contribution in [2.45, 2.75) is 33.2 Å². The molecule has 0 saturated heterocycles. The molecule has 0 bridgehead atoms. The molecule has 0 spiro atoms. The summed E-state index contributed by atoms with van der Waals surface area (Å²) in [5.41, 5.74) is 4.26. The molecule has 0 fully saturated rings. The first-order valence-electron chi connectivity index (χ1n) is 10.6. The molecule has 5 rings (SSSR count). The van der Waals surface area contributed by atoms with Crippen molar-refractivity contribution in [3.05, 3.63) is 87.3 Å². The minimum atomic E-state index is -0.986. The van der Waals surface area contributed by atoms with E-state index in [0.717, 1.165) is 32.6 Å². The van der Waals surface area contributed by atoms with Gasteiger partial charge in [0, 0.05) is 27.6 Å². The van der Waals surface area contributed by atoms with Gasteiger partial charge in [0.1, 0.15) is 28.5 Å². The molecule has 0 unspecified atom stereocenters. The molecule has 1 atom stereocenters. The molecule has 9 heteroatoms. The number of carboxylic acids is 1. The minimum absolute atomic E-state index is 0.229. The molecule has 1 N–H and O–H groups in total. The molecule has 3 heterocycles. The zero-order valence-corrected chi connectivity index (χ0v) is 19.5. The highest BCUT2D eigenvalue weighted by atomic mass is 32.1. The molecule has 6 nitrogen and oxygen atoms in total. The molecule has 1 aliphatic heterocycles. The number of carbonyl (C=O) groups is 1. The number of hydrogen-bond donors (Lipinski definition) is 1. The van der Waals surface area contributed by atoms with Gasteiger partial charge in [0.05, 0.1) is 12.1 Å². The Kier molecular flexibility index (Phi) is 5.36. The Morgan fingerprint density at radius 3 is 2.44 bits per heavy atom. The number of thiophene rings is 1. The number of halogens is 2. The van der Waals surface area contributed by atoms with Crippen LogP contribution in [0.25, 0.3) is 16.1 Å². The summed E-state index contributed by atoms with van der Waals surface area (Å²) in [6, 6.07) is 9.92. The van der Waals surface area contributed by atoms with Crippen LogP contribution in [0.15, 0.2) is 47.5 Å². The van der Waals surface area contributed by atoms with E-state index in [2.05, 4.69) is 10.2 Å². The minimum Gasteiger partial charge on any atom is -0.481 e. The number of benzene rings is 2. The number of aliphatic carboxylic acids is 1. The second kappa shape index (κ2) is 8.25. The van der Waals surface area contributed by atoms with Crippen molar-refractivity contribution in [3.63, 3.8) is 0 Å². The highest BCUT2D eigenvalue weighted by Gasteiger charge is 2.32. The van der Waals surface area contributed by atoms with Gasteiger partial charge in [-0.25, -0.2) is 8.78 Å². The van der Waals surface area contributed by atoms with Gasteiger partial charge in [-0.2, -0.15) is 0 Å². The Bertz CT molecular complexity index is 1470. The highest BCUT2D eigenvalue weighted by molar-refractivity contribution is 7.15. The molecule has 0 amide bonds. The van der Waals surface area contributed by atoms with Crippen LogP contribution in [-0.2, 0) is 4.79 Å². The summed E-state index contributed by atoms with van der Waals surface area (Å²) in [6.07, 6.45) is -0.229. The SMILES string of the molecule is Cc1sc2c(c1C)C(c1ccc(-c3ccc(F)cc3F)cc1)=N[C@@H](CC(=O)O)c1nnc(C)n1-2. The van der Waals surface area contributed by atoms with Crippen molar-refractivity contribution in [1.82, 2.24) is 14.8 Å². The second-order valence-corrected chi connectivity index (χ2v) is 9.40. The fourth-order valence-corrected chi connectivity index (χ4v) is 5.44. The molecule has 4 aromatic rings. The van der Waals surface area contributed by atoms with Crippen LogP contribution in [0.5, 0.6) is 0 Å². The first kappa shape index (κ1) is 22.1. The average Bonchev–Trinajstić information content (AvgIpc) is 3.26. The lowest BCUT2D eigenvalue weighted by Gasteiger charge is -2.11. The molecular weight excluding hydrogens is 458 g/mol. The van der Waals surface area contributed by atoms with E-state index < -0.39 is 23.6 Å². The van der Waals surface area contributed by atoms with Crippen molar-refractivity contribution in [2.75, 3.05) is 0 Å². The van der Waals surface area contributed by atoms with Gasteiger partial charge in [0.15, 0.2) is 5.82 Å². The second-order valence-electron chi connectivity index (χ2n) is 8.20. The van der Waals surface area contributed by atoms with E-state index in [4.69, 9.17) is 4.99 Å². The zero-order chi connectivity index (χ0) is 24.1. The van der Waals surface area contributed by atoms with Crippen molar-refractivity contribution >= 4 is 23.0 Å². The third-order valence-electron chi connectivity index (χ3n) is 6.01. The molecule has 0 radical (unpaired) electrons. The van der Waals surface area contributed by atoms with E-state index in [-0.39, 0.29) is 6.42 Å². The van der Waals surface area contributed by atoms with Crippen LogP contribution >= 0.6 is 11.3 Å². The van der Waals surface area contributed by atoms with Crippen LogP contribution in [0.1, 0.15) is 45.7 Å². The number of nitrogens with zero attached hydrogens (tertiary/aromatic N) is 4. The summed E-state index contributed by atoms with van der Waals surface area (Å²) in [6.45, 7) is 5.87. The maximum absolute atomic E-state index is 14.3. The van der Waals surface area contributed by atoms with E-state index in [1.54, 1.807) is 23.5 Å². The van der Waals surface area contributed by atoms with Crippen LogP contribution in [0.3, 0.4) is 0 Å². The monoisotopic (exact) mass is 478 g/mol. The van der Waals surface area contributed by atoms with Crippen molar-refractivity contribution < 1.29 is 18.7 Å². The predicted octanol–water partition coefficient (Wildman–Crippen LogP) is 5.57. The molecule has 172 valence electrons. The van der Waals surface area contributed by atoms with Crippen LogP contribution in [0.2, 0.25) is 0 Å². The van der Waals surface area contributed by atoms with Gasteiger partial charge >= 0.3 is 5.97 Å². The Labute approximate surface area is 198 Å². The zero-order valence-electron chi connectivity index (χ0n) is 18.6. The van der Waals surface area contributed by atoms with E-state index in [1.165, 1.54) is 12.1 Å². The quantitative estimate of drug-likeness (QED) is 0.416. The summed E-state index contributed by atoms with van der Waals surface area (Å²) >= 11 is 1.58. The predicted molar refractivity (Wildman–Crippen MR) is 126 cm³/mol. The molecular formula is C25H20F2N4O2S. The smallest absolute Gasteiger partial charge is 0.306 e. The fraction of sp³-hybridized carbons (Fsp3) is 0.200. The van der Waals surface area contributed by atoms with Crippen LogP contribution < -0.4 is 0 Å². The molecule has 2 aromatic carbocycles. The van der Waals surface area contributed by atoms with Gasteiger partial charge in [-0.3, -0.25) is 14.4 Å². The number of aryl methyl sites for hydroxylation is 2. The Morgan fingerprint density at radius 1 is 1.06 bits per heavy atom. The van der Waals surface area contributed by atoms with Gasteiger partial charge in [-0.05, 0) is 44.0 Å². The maximum Gasteiger partial charge on any atom is 0.306 e. The lowest BCUT2D eigenvalue weighted by molar-refractivity contribution is -0.137. The number of aromatic nitrogens is 3. The van der Waals surface area contributed by atoms with Crippen LogP contribution in [0.4, 0.5) is 8.78 Å². The van der Waals surface area contributed by atoms with Gasteiger partial charge < -0.3 is 5.11 Å². The van der Waals surface area contributed by atoms with E-state index in [1.807, 2.05) is 37.5 Å². The first-order chi connectivity index (χ1) is 16.2. The maximum atomic E-state index is 14.3. The Balaban J connectivity index is 1.68. The first-order valence-corrected chi connectivity index (χ1v) is 11.4. The number of aliphatic imine (C=N–C) groups is 1. The standard InChI is InChI=1S/C25H20F2N4O2S/c1-12-13(2)34-25-22(12)23(28-20(11-21(32)33)24-30-29-14(3)31(24)25)16-6-4-15(5-7-16)18-9-8-17(26)10-19(18)27/h4-10,20H,11H2,1-3H3,(H,32,33)/t20-/m0/s1. The molecule has 0 saturated carbocycles. The molecule has 1 aliphatic rings. The number of carboxylic acid groups (broad SMARTS) is 1. The largest absolute Gasteiger partial charge is 0.481 e. The normalized spacial score (nSPS) is 14.9. The van der Waals surface area contributed by atoms with E-state index in [0.29, 0.717) is 28.5 Å². The van der Waals surface area contributed by atoms with Crippen molar-refractivity contribution in [2.24, 2.45) is 4.99 Å². The number of hydrogen-bond acceptors (Lipinski definition) is 5. The molecule has 0 aliphatic carbocycles. The number of fused-ring (bicyclic) bond motifs is 3. The summed E-state index contributed by atoms with van der Waals surface area (Å²) in [5.74, 6) is -1.11. The number of rotatable bonds is 4. The van der Waals surface area contributed by atoms with Gasteiger partial charge in [-0.15, -0.1) is 21.5 Å². The third-order valence-corrected chi connectivity index (χ3v) is 7.20. The molecule has 2 aromatic heterocycles. The Morgan fingerprint density at radius 2 is 1.76 bits per heavy atom.